The molecule has 0 amide bonds. The molecular formula is C9H15NO3. The molecule has 0 aromatic heterocycles. The third kappa shape index (κ3) is 2.82. The highest BCUT2D eigenvalue weighted by Crippen LogP contribution is 2.11. The van der Waals surface area contributed by atoms with Gasteiger partial charge in [0.1, 0.15) is 0 Å². The van der Waals surface area contributed by atoms with Gasteiger partial charge in [-0.15, -0.1) is 0 Å². The molecule has 0 aromatic carbocycles. The lowest BCUT2D eigenvalue weighted by Gasteiger charge is -2.16. The van der Waals surface area contributed by atoms with E-state index >= 15 is 0 Å². The van der Waals surface area contributed by atoms with Crippen molar-refractivity contribution in [3.8, 4) is 0 Å². The number of carbonyl (C=O) groups is 1. The average Bonchev–Trinajstić information content (AvgIpc) is 2.18. The van der Waals surface area contributed by atoms with Crippen molar-refractivity contribution in [2.75, 3.05) is 20.3 Å². The number of methoxy groups -OCH3 is 1. The normalized spacial score (nSPS) is 18.8. The van der Waals surface area contributed by atoms with Crippen molar-refractivity contribution < 1.29 is 14.3 Å². The van der Waals surface area contributed by atoms with Crippen LogP contribution in [0.3, 0.4) is 0 Å². The molecule has 1 heterocycles. The maximum Gasteiger partial charge on any atom is 0.215 e. The minimum atomic E-state index is -0.602. The van der Waals surface area contributed by atoms with Crippen molar-refractivity contribution in [1.82, 2.24) is 0 Å². The molecule has 1 unspecified atom stereocenters. The van der Waals surface area contributed by atoms with E-state index in [2.05, 4.69) is 0 Å². The van der Waals surface area contributed by atoms with E-state index in [0.717, 1.165) is 12.8 Å². The molecule has 0 fully saturated rings. The van der Waals surface area contributed by atoms with Gasteiger partial charge in [-0.1, -0.05) is 0 Å². The Morgan fingerprint density at radius 3 is 3.15 bits per heavy atom. The summed E-state index contributed by atoms with van der Waals surface area (Å²) in [6, 6.07) is -0.602. The zero-order chi connectivity index (χ0) is 9.68. The largest absolute Gasteiger partial charge is 0.490 e. The van der Waals surface area contributed by atoms with Gasteiger partial charge >= 0.3 is 0 Å². The van der Waals surface area contributed by atoms with Crippen molar-refractivity contribution in [3.63, 3.8) is 0 Å². The molecule has 1 atom stereocenters. The van der Waals surface area contributed by atoms with Crippen LogP contribution in [0.15, 0.2) is 11.8 Å². The van der Waals surface area contributed by atoms with Crippen LogP contribution >= 0.6 is 0 Å². The predicted molar refractivity (Wildman–Crippen MR) is 48.1 cm³/mol. The smallest absolute Gasteiger partial charge is 0.215 e. The highest BCUT2D eigenvalue weighted by Gasteiger charge is 2.20. The molecule has 0 bridgehead atoms. The van der Waals surface area contributed by atoms with Crippen LogP contribution in [0.4, 0.5) is 0 Å². The standard InChI is InChI=1S/C9H15NO3/c1-12-6-7(10)9(11)8-4-2-3-5-13-8/h4,7H,2-3,5-6,10H2,1H3. The van der Waals surface area contributed by atoms with E-state index in [0.29, 0.717) is 12.4 Å². The van der Waals surface area contributed by atoms with Crippen molar-refractivity contribution >= 4 is 5.78 Å². The number of ether oxygens (including phenoxy) is 2. The van der Waals surface area contributed by atoms with E-state index in [9.17, 15) is 4.79 Å². The first-order chi connectivity index (χ1) is 6.25. The average molecular weight is 185 g/mol. The van der Waals surface area contributed by atoms with Gasteiger partial charge in [0.05, 0.1) is 19.3 Å². The van der Waals surface area contributed by atoms with Crippen molar-refractivity contribution in [1.29, 1.82) is 0 Å². The Bertz CT molecular complexity index is 213. The molecule has 1 aliphatic heterocycles. The summed E-state index contributed by atoms with van der Waals surface area (Å²) >= 11 is 0. The Balaban J connectivity index is 2.50. The van der Waals surface area contributed by atoms with Crippen LogP contribution in [-0.4, -0.2) is 32.1 Å². The zero-order valence-corrected chi connectivity index (χ0v) is 7.79. The van der Waals surface area contributed by atoms with E-state index < -0.39 is 6.04 Å². The van der Waals surface area contributed by atoms with Crippen LogP contribution in [0.1, 0.15) is 12.8 Å². The van der Waals surface area contributed by atoms with E-state index in [1.165, 1.54) is 7.11 Å². The van der Waals surface area contributed by atoms with Gasteiger partial charge in [0.2, 0.25) is 5.78 Å². The molecule has 1 rings (SSSR count). The molecular weight excluding hydrogens is 170 g/mol. The topological polar surface area (TPSA) is 61.5 Å². The van der Waals surface area contributed by atoms with Crippen LogP contribution in [0.2, 0.25) is 0 Å². The predicted octanol–water partition coefficient (Wildman–Crippen LogP) is 0.223. The Morgan fingerprint density at radius 1 is 1.85 bits per heavy atom. The number of ketones is 1. The lowest BCUT2D eigenvalue weighted by Crippen LogP contribution is -2.36. The molecule has 0 aliphatic carbocycles. The fourth-order valence-electron chi connectivity index (χ4n) is 1.17. The summed E-state index contributed by atoms with van der Waals surface area (Å²) in [6.45, 7) is 0.844. The fraction of sp³-hybridized carbons (Fsp3) is 0.667. The Kier molecular flexibility index (Phi) is 3.92. The third-order valence-electron chi connectivity index (χ3n) is 1.86. The molecule has 0 radical (unpaired) electrons. The van der Waals surface area contributed by atoms with Gasteiger partial charge in [0.15, 0.2) is 5.76 Å². The highest BCUT2D eigenvalue weighted by atomic mass is 16.5. The van der Waals surface area contributed by atoms with Gasteiger partial charge in [0, 0.05) is 7.11 Å². The zero-order valence-electron chi connectivity index (χ0n) is 7.79. The molecule has 2 N–H and O–H groups in total. The summed E-state index contributed by atoms with van der Waals surface area (Å²) in [4.78, 5) is 11.5. The molecule has 4 nitrogen and oxygen atoms in total. The SMILES string of the molecule is COCC(N)C(=O)C1=CCCCO1. The van der Waals surface area contributed by atoms with Gasteiger partial charge in [0.25, 0.3) is 0 Å². The van der Waals surface area contributed by atoms with Gasteiger partial charge in [-0.05, 0) is 18.9 Å². The molecule has 74 valence electrons. The minimum absolute atomic E-state index is 0.165. The van der Waals surface area contributed by atoms with Crippen molar-refractivity contribution in [2.45, 2.75) is 18.9 Å². The number of carbonyl (C=O) groups excluding carboxylic acids is 1. The van der Waals surface area contributed by atoms with Crippen LogP contribution in [0.5, 0.6) is 0 Å². The van der Waals surface area contributed by atoms with E-state index in [1.807, 2.05) is 0 Å². The van der Waals surface area contributed by atoms with Gasteiger partial charge in [-0.3, -0.25) is 4.79 Å². The lowest BCUT2D eigenvalue weighted by atomic mass is 10.1. The van der Waals surface area contributed by atoms with E-state index in [1.54, 1.807) is 6.08 Å². The van der Waals surface area contributed by atoms with Crippen LogP contribution in [0, 0.1) is 0 Å². The molecule has 0 saturated heterocycles. The number of hydrogen-bond acceptors (Lipinski definition) is 4. The molecule has 0 spiro atoms. The molecule has 0 aromatic rings. The second kappa shape index (κ2) is 4.99. The summed E-state index contributed by atoms with van der Waals surface area (Å²) in [5.74, 6) is 0.234. The van der Waals surface area contributed by atoms with Gasteiger partial charge in [-0.25, -0.2) is 0 Å². The summed E-state index contributed by atoms with van der Waals surface area (Å²) in [6.07, 6.45) is 3.65. The van der Waals surface area contributed by atoms with E-state index in [-0.39, 0.29) is 12.4 Å². The first-order valence-corrected chi connectivity index (χ1v) is 4.37. The lowest BCUT2D eigenvalue weighted by molar-refractivity contribution is -0.121. The van der Waals surface area contributed by atoms with Crippen LogP contribution in [-0.2, 0) is 14.3 Å². The number of allylic oxidation sites excluding steroid dienone is 1. The summed E-state index contributed by atoms with van der Waals surface area (Å²) in [5, 5.41) is 0. The van der Waals surface area contributed by atoms with E-state index in [4.69, 9.17) is 15.2 Å². The summed E-state index contributed by atoms with van der Waals surface area (Å²) < 4.78 is 9.97. The summed E-state index contributed by atoms with van der Waals surface area (Å²) in [5.41, 5.74) is 5.56. The molecule has 13 heavy (non-hydrogen) atoms. The summed E-state index contributed by atoms with van der Waals surface area (Å²) in [7, 11) is 1.52. The van der Waals surface area contributed by atoms with Crippen molar-refractivity contribution in [3.05, 3.63) is 11.8 Å². The number of hydrogen-bond donors (Lipinski definition) is 1. The number of nitrogens with two attached hydrogens (primary N) is 1. The third-order valence-corrected chi connectivity index (χ3v) is 1.86. The molecule has 4 heteroatoms. The van der Waals surface area contributed by atoms with Crippen LogP contribution < -0.4 is 5.73 Å². The number of rotatable bonds is 4. The first kappa shape index (κ1) is 10.2. The Labute approximate surface area is 77.7 Å². The maximum atomic E-state index is 11.5. The first-order valence-electron chi connectivity index (χ1n) is 4.37. The quantitative estimate of drug-likeness (QED) is 0.680. The van der Waals surface area contributed by atoms with Crippen LogP contribution in [0.25, 0.3) is 0 Å². The van der Waals surface area contributed by atoms with Gasteiger partial charge < -0.3 is 15.2 Å². The Morgan fingerprint density at radius 2 is 2.62 bits per heavy atom. The second-order valence-corrected chi connectivity index (χ2v) is 2.99. The number of Topliss-reactive ketones (excluding diaryl/α,β-unsaturated/α-hetero) is 1. The molecule has 1 aliphatic rings. The van der Waals surface area contributed by atoms with Gasteiger partial charge in [-0.2, -0.15) is 0 Å². The Hall–Kier alpha value is -0.870. The monoisotopic (exact) mass is 185 g/mol. The molecule has 0 saturated carbocycles. The second-order valence-electron chi connectivity index (χ2n) is 2.99. The maximum absolute atomic E-state index is 11.5. The fourth-order valence-corrected chi connectivity index (χ4v) is 1.17. The van der Waals surface area contributed by atoms with Crippen molar-refractivity contribution in [2.24, 2.45) is 5.73 Å². The highest BCUT2D eigenvalue weighted by molar-refractivity contribution is 5.97. The minimum Gasteiger partial charge on any atom is -0.490 e.